The Morgan fingerprint density at radius 1 is 1.41 bits per heavy atom. The van der Waals surface area contributed by atoms with Crippen molar-refractivity contribution >= 4 is 17.2 Å². The van der Waals surface area contributed by atoms with E-state index in [1.165, 1.54) is 11.3 Å². The van der Waals surface area contributed by atoms with Crippen molar-refractivity contribution in [2.24, 2.45) is 5.73 Å². The molecule has 1 aliphatic heterocycles. The predicted molar refractivity (Wildman–Crippen MR) is 87.7 cm³/mol. The Morgan fingerprint density at radius 2 is 2.18 bits per heavy atom. The van der Waals surface area contributed by atoms with Gasteiger partial charge in [-0.2, -0.15) is 0 Å². The highest BCUT2D eigenvalue weighted by Crippen LogP contribution is 2.28. The molecular formula is C16H20N4OS. The summed E-state index contributed by atoms with van der Waals surface area (Å²) in [6.07, 6.45) is 8.31. The summed E-state index contributed by atoms with van der Waals surface area (Å²) in [7, 11) is 0. The Labute approximate surface area is 134 Å². The summed E-state index contributed by atoms with van der Waals surface area (Å²) >= 11 is 1.43. The van der Waals surface area contributed by atoms with E-state index in [2.05, 4.69) is 9.97 Å². The molecule has 0 aliphatic carbocycles. The molecule has 2 aromatic rings. The molecule has 0 aromatic carbocycles. The van der Waals surface area contributed by atoms with Gasteiger partial charge in [0.1, 0.15) is 9.88 Å². The second-order valence-electron chi connectivity index (χ2n) is 5.69. The molecule has 3 heterocycles. The highest BCUT2D eigenvalue weighted by molar-refractivity contribution is 7.16. The third-order valence-electron chi connectivity index (χ3n) is 4.06. The minimum atomic E-state index is -0.00293. The molecule has 3 rings (SSSR count). The lowest BCUT2D eigenvalue weighted by Crippen LogP contribution is -2.51. The summed E-state index contributed by atoms with van der Waals surface area (Å²) in [5.41, 5.74) is 7.04. The minimum absolute atomic E-state index is 0.00293. The van der Waals surface area contributed by atoms with Crippen LogP contribution < -0.4 is 5.73 Å². The van der Waals surface area contributed by atoms with Crippen molar-refractivity contribution in [3.05, 3.63) is 35.6 Å². The molecule has 0 radical (unpaired) electrons. The van der Waals surface area contributed by atoms with E-state index in [4.69, 9.17) is 5.73 Å². The van der Waals surface area contributed by atoms with E-state index in [0.717, 1.165) is 36.4 Å². The molecule has 1 amide bonds. The minimum Gasteiger partial charge on any atom is -0.333 e. The van der Waals surface area contributed by atoms with Crippen LogP contribution in [0.4, 0.5) is 0 Å². The molecule has 5 nitrogen and oxygen atoms in total. The number of hydrogen-bond acceptors (Lipinski definition) is 5. The maximum Gasteiger partial charge on any atom is 0.265 e. The van der Waals surface area contributed by atoms with Crippen molar-refractivity contribution < 1.29 is 4.79 Å². The van der Waals surface area contributed by atoms with Gasteiger partial charge in [-0.3, -0.25) is 9.78 Å². The van der Waals surface area contributed by atoms with Crippen LogP contribution in [-0.2, 0) is 0 Å². The molecule has 116 valence electrons. The average molecular weight is 316 g/mol. The number of carbonyl (C=O) groups excluding carboxylic acids is 1. The van der Waals surface area contributed by atoms with E-state index in [-0.39, 0.29) is 18.0 Å². The smallest absolute Gasteiger partial charge is 0.265 e. The fourth-order valence-electron chi connectivity index (χ4n) is 2.90. The largest absolute Gasteiger partial charge is 0.333 e. The maximum absolute atomic E-state index is 12.8. The number of pyridine rings is 1. The maximum atomic E-state index is 12.8. The van der Waals surface area contributed by atoms with Crippen molar-refractivity contribution in [3.8, 4) is 10.6 Å². The molecule has 0 bridgehead atoms. The summed E-state index contributed by atoms with van der Waals surface area (Å²) in [6.45, 7) is 2.76. The molecule has 22 heavy (non-hydrogen) atoms. The summed E-state index contributed by atoms with van der Waals surface area (Å²) in [6, 6.07) is 3.93. The van der Waals surface area contributed by atoms with Gasteiger partial charge < -0.3 is 10.6 Å². The second kappa shape index (κ2) is 6.54. The van der Waals surface area contributed by atoms with E-state index in [9.17, 15) is 4.79 Å². The van der Waals surface area contributed by atoms with Gasteiger partial charge in [0.2, 0.25) is 0 Å². The molecule has 2 N–H and O–H groups in total. The van der Waals surface area contributed by atoms with Gasteiger partial charge in [-0.1, -0.05) is 0 Å². The van der Waals surface area contributed by atoms with Gasteiger partial charge in [-0.05, 0) is 38.3 Å². The highest BCUT2D eigenvalue weighted by Gasteiger charge is 2.30. The van der Waals surface area contributed by atoms with Crippen molar-refractivity contribution in [1.29, 1.82) is 0 Å². The van der Waals surface area contributed by atoms with Crippen LogP contribution in [0.3, 0.4) is 0 Å². The third-order valence-corrected chi connectivity index (χ3v) is 5.10. The first-order valence-corrected chi connectivity index (χ1v) is 8.41. The molecule has 1 fully saturated rings. The predicted octanol–water partition coefficient (Wildman–Crippen LogP) is 2.55. The number of nitrogens with two attached hydrogens (primary N) is 1. The van der Waals surface area contributed by atoms with Gasteiger partial charge in [0, 0.05) is 36.6 Å². The van der Waals surface area contributed by atoms with Gasteiger partial charge in [-0.25, -0.2) is 4.98 Å². The number of likely N-dealkylation sites (tertiary alicyclic amines) is 1. The number of rotatable bonds is 3. The molecule has 0 spiro atoms. The number of amides is 1. The van der Waals surface area contributed by atoms with Crippen molar-refractivity contribution in [1.82, 2.24) is 14.9 Å². The molecule has 2 unspecified atom stereocenters. The van der Waals surface area contributed by atoms with E-state index in [1.54, 1.807) is 18.6 Å². The number of hydrogen-bond donors (Lipinski definition) is 1. The number of thiazole rings is 1. The first-order chi connectivity index (χ1) is 10.7. The topological polar surface area (TPSA) is 72.1 Å². The van der Waals surface area contributed by atoms with Crippen LogP contribution in [0, 0.1) is 0 Å². The van der Waals surface area contributed by atoms with E-state index < -0.39 is 0 Å². The van der Waals surface area contributed by atoms with Crippen LogP contribution in [0.15, 0.2) is 30.7 Å². The monoisotopic (exact) mass is 316 g/mol. The highest BCUT2D eigenvalue weighted by atomic mass is 32.1. The van der Waals surface area contributed by atoms with E-state index in [0.29, 0.717) is 4.88 Å². The zero-order chi connectivity index (χ0) is 15.5. The fourth-order valence-corrected chi connectivity index (χ4v) is 3.78. The summed E-state index contributed by atoms with van der Waals surface area (Å²) in [4.78, 5) is 23.8. The molecule has 2 aromatic heterocycles. The molecule has 1 saturated heterocycles. The van der Waals surface area contributed by atoms with Crippen LogP contribution in [0.1, 0.15) is 35.9 Å². The molecular weight excluding hydrogens is 296 g/mol. The number of aromatic nitrogens is 2. The first-order valence-electron chi connectivity index (χ1n) is 7.59. The van der Waals surface area contributed by atoms with Crippen LogP contribution in [0.2, 0.25) is 0 Å². The zero-order valence-corrected chi connectivity index (χ0v) is 13.4. The third kappa shape index (κ3) is 3.03. The fraction of sp³-hybridized carbons (Fsp3) is 0.438. The van der Waals surface area contributed by atoms with Crippen LogP contribution in [0.5, 0.6) is 0 Å². The lowest BCUT2D eigenvalue weighted by Gasteiger charge is -2.37. The van der Waals surface area contributed by atoms with Crippen LogP contribution in [0.25, 0.3) is 10.6 Å². The molecule has 2 atom stereocenters. The average Bonchev–Trinajstić information content (AvgIpc) is 3.05. The Hall–Kier alpha value is -1.79. The van der Waals surface area contributed by atoms with Crippen molar-refractivity contribution in [2.75, 3.05) is 6.54 Å². The normalized spacial score (nSPS) is 19.9. The number of piperidine rings is 1. The quantitative estimate of drug-likeness (QED) is 0.944. The Bertz CT molecular complexity index is 641. The summed E-state index contributed by atoms with van der Waals surface area (Å²) in [5.74, 6) is 0.0554. The Kier molecular flexibility index (Phi) is 4.49. The molecule has 1 aliphatic rings. The molecule has 6 heteroatoms. The van der Waals surface area contributed by atoms with Gasteiger partial charge >= 0.3 is 0 Å². The van der Waals surface area contributed by atoms with E-state index in [1.807, 2.05) is 24.0 Å². The second-order valence-corrected chi connectivity index (χ2v) is 6.72. The SMILES string of the molecule is CC(N)C1CCCCN1C(=O)c1cnc(-c2ccncc2)s1. The van der Waals surface area contributed by atoms with Gasteiger partial charge in [0.25, 0.3) is 5.91 Å². The Morgan fingerprint density at radius 3 is 2.91 bits per heavy atom. The lowest BCUT2D eigenvalue weighted by molar-refractivity contribution is 0.0588. The standard InChI is InChI=1S/C16H20N4OS/c1-11(17)13-4-2-3-9-20(13)16(21)14-10-19-15(22-14)12-5-7-18-8-6-12/h5-8,10-11,13H,2-4,9,17H2,1H3. The zero-order valence-electron chi connectivity index (χ0n) is 12.6. The summed E-state index contributed by atoms with van der Waals surface area (Å²) < 4.78 is 0. The number of carbonyl (C=O) groups is 1. The molecule has 0 saturated carbocycles. The summed E-state index contributed by atoms with van der Waals surface area (Å²) in [5, 5.41) is 0.847. The van der Waals surface area contributed by atoms with E-state index >= 15 is 0 Å². The van der Waals surface area contributed by atoms with Gasteiger partial charge in [0.05, 0.1) is 6.20 Å². The number of nitrogens with zero attached hydrogens (tertiary/aromatic N) is 3. The Balaban J connectivity index is 1.82. The van der Waals surface area contributed by atoms with Crippen molar-refractivity contribution in [2.45, 2.75) is 38.3 Å². The van der Waals surface area contributed by atoms with Gasteiger partial charge in [-0.15, -0.1) is 11.3 Å². The lowest BCUT2D eigenvalue weighted by atomic mass is 9.97. The first kappa shape index (κ1) is 15.1. The van der Waals surface area contributed by atoms with Crippen LogP contribution in [-0.4, -0.2) is 39.4 Å². The van der Waals surface area contributed by atoms with Gasteiger partial charge in [0.15, 0.2) is 0 Å². The van der Waals surface area contributed by atoms with Crippen LogP contribution >= 0.6 is 11.3 Å². The van der Waals surface area contributed by atoms with Crippen molar-refractivity contribution in [3.63, 3.8) is 0 Å².